The molecule has 0 saturated carbocycles. The minimum absolute atomic E-state index is 0.731. The number of hydrogen-bond acceptors (Lipinski definition) is 1. The van der Waals surface area contributed by atoms with Crippen LogP contribution in [0.25, 0.3) is 28.3 Å². The SMILES string of the molecule is Cn1c(-c2cccc(Br)c2)cn2cc(-c3ccc(Cl)cc3)nc12. The zero-order chi connectivity index (χ0) is 16.0. The van der Waals surface area contributed by atoms with Crippen molar-refractivity contribution in [3.63, 3.8) is 0 Å². The van der Waals surface area contributed by atoms with Gasteiger partial charge in [-0.15, -0.1) is 0 Å². The van der Waals surface area contributed by atoms with Crippen LogP contribution in [-0.2, 0) is 7.05 Å². The summed E-state index contributed by atoms with van der Waals surface area (Å²) >= 11 is 9.47. The lowest BCUT2D eigenvalue weighted by atomic mass is 10.1. The van der Waals surface area contributed by atoms with Crippen molar-refractivity contribution in [2.24, 2.45) is 7.05 Å². The van der Waals surface area contributed by atoms with E-state index in [0.717, 1.165) is 37.8 Å². The maximum Gasteiger partial charge on any atom is 0.214 e. The molecule has 0 fully saturated rings. The van der Waals surface area contributed by atoms with Crippen molar-refractivity contribution >= 4 is 33.3 Å². The largest absolute Gasteiger partial charge is 0.313 e. The molecule has 0 aliphatic rings. The third kappa shape index (κ3) is 2.58. The number of aromatic nitrogens is 3. The molecule has 0 unspecified atom stereocenters. The lowest BCUT2D eigenvalue weighted by molar-refractivity contribution is 0.945. The van der Waals surface area contributed by atoms with Crippen LogP contribution in [0.1, 0.15) is 0 Å². The van der Waals surface area contributed by atoms with Crippen LogP contribution >= 0.6 is 27.5 Å². The van der Waals surface area contributed by atoms with Gasteiger partial charge in [-0.1, -0.05) is 51.8 Å². The fourth-order valence-electron chi connectivity index (χ4n) is 2.73. The zero-order valence-electron chi connectivity index (χ0n) is 12.4. The summed E-state index contributed by atoms with van der Waals surface area (Å²) in [6.45, 7) is 0. The Morgan fingerprint density at radius 1 is 1.00 bits per heavy atom. The second-order valence-electron chi connectivity index (χ2n) is 5.42. The number of benzene rings is 2. The summed E-state index contributed by atoms with van der Waals surface area (Å²) in [6, 6.07) is 16.0. The zero-order valence-corrected chi connectivity index (χ0v) is 14.7. The Hall–Kier alpha value is -2.04. The minimum atomic E-state index is 0.731. The molecule has 0 aliphatic carbocycles. The third-order valence-corrected chi connectivity index (χ3v) is 4.64. The molecule has 0 radical (unpaired) electrons. The van der Waals surface area contributed by atoms with Crippen molar-refractivity contribution in [3.05, 3.63) is 70.4 Å². The Balaban J connectivity index is 1.81. The molecule has 4 rings (SSSR count). The molecule has 0 saturated heterocycles. The van der Waals surface area contributed by atoms with Crippen molar-refractivity contribution in [2.75, 3.05) is 0 Å². The highest BCUT2D eigenvalue weighted by Gasteiger charge is 2.12. The van der Waals surface area contributed by atoms with Crippen LogP contribution in [0.4, 0.5) is 0 Å². The molecule has 0 bridgehead atoms. The van der Waals surface area contributed by atoms with E-state index in [-0.39, 0.29) is 0 Å². The molecular formula is C18H13BrClN3. The average Bonchev–Trinajstić information content (AvgIpc) is 3.08. The molecule has 5 heteroatoms. The highest BCUT2D eigenvalue weighted by molar-refractivity contribution is 9.10. The van der Waals surface area contributed by atoms with E-state index in [1.165, 1.54) is 0 Å². The van der Waals surface area contributed by atoms with Crippen molar-refractivity contribution in [1.29, 1.82) is 0 Å². The predicted molar refractivity (Wildman–Crippen MR) is 97.7 cm³/mol. The van der Waals surface area contributed by atoms with Crippen LogP contribution in [-0.4, -0.2) is 14.0 Å². The van der Waals surface area contributed by atoms with Gasteiger partial charge >= 0.3 is 0 Å². The molecule has 2 aromatic heterocycles. The molecule has 0 N–H and O–H groups in total. The first-order valence-corrected chi connectivity index (χ1v) is 8.35. The molecule has 0 amide bonds. The van der Waals surface area contributed by atoms with Gasteiger partial charge in [0.2, 0.25) is 5.78 Å². The van der Waals surface area contributed by atoms with Gasteiger partial charge in [-0.3, -0.25) is 4.40 Å². The summed E-state index contributed by atoms with van der Waals surface area (Å²) in [5, 5.41) is 0.731. The predicted octanol–water partition coefficient (Wildman–Crippen LogP) is 5.42. The van der Waals surface area contributed by atoms with Gasteiger partial charge in [-0.2, -0.15) is 0 Å². The second-order valence-corrected chi connectivity index (χ2v) is 6.78. The molecule has 0 aliphatic heterocycles. The summed E-state index contributed by atoms with van der Waals surface area (Å²) in [5.74, 6) is 0.907. The normalized spacial score (nSPS) is 11.3. The van der Waals surface area contributed by atoms with Crippen molar-refractivity contribution in [2.45, 2.75) is 0 Å². The molecule has 0 spiro atoms. The Bertz CT molecular complexity index is 999. The summed E-state index contributed by atoms with van der Waals surface area (Å²) in [7, 11) is 2.03. The van der Waals surface area contributed by atoms with Crippen LogP contribution < -0.4 is 0 Å². The number of aryl methyl sites for hydroxylation is 1. The first-order chi connectivity index (χ1) is 11.1. The average molecular weight is 387 g/mol. The topological polar surface area (TPSA) is 22.2 Å². The molecule has 23 heavy (non-hydrogen) atoms. The third-order valence-electron chi connectivity index (χ3n) is 3.90. The summed E-state index contributed by atoms with van der Waals surface area (Å²) in [4.78, 5) is 4.75. The highest BCUT2D eigenvalue weighted by Crippen LogP contribution is 2.27. The lowest BCUT2D eigenvalue weighted by Gasteiger charge is -2.03. The second kappa shape index (κ2) is 5.55. The Labute approximate surface area is 147 Å². The maximum absolute atomic E-state index is 5.95. The molecule has 114 valence electrons. The smallest absolute Gasteiger partial charge is 0.214 e. The quantitative estimate of drug-likeness (QED) is 0.451. The maximum atomic E-state index is 5.95. The Morgan fingerprint density at radius 2 is 1.78 bits per heavy atom. The van der Waals surface area contributed by atoms with Gasteiger partial charge in [0.25, 0.3) is 0 Å². The van der Waals surface area contributed by atoms with E-state index in [0.29, 0.717) is 0 Å². The summed E-state index contributed by atoms with van der Waals surface area (Å²) in [6.07, 6.45) is 4.14. The molecule has 4 aromatic rings. The minimum Gasteiger partial charge on any atom is -0.313 e. The number of imidazole rings is 2. The van der Waals surface area contributed by atoms with Gasteiger partial charge in [0.05, 0.1) is 11.4 Å². The van der Waals surface area contributed by atoms with E-state index < -0.39 is 0 Å². The number of rotatable bonds is 2. The molecule has 0 atom stereocenters. The fraction of sp³-hybridized carbons (Fsp3) is 0.0556. The van der Waals surface area contributed by atoms with E-state index in [4.69, 9.17) is 16.6 Å². The van der Waals surface area contributed by atoms with Crippen LogP contribution in [0.3, 0.4) is 0 Å². The molecular weight excluding hydrogens is 374 g/mol. The first-order valence-electron chi connectivity index (χ1n) is 7.18. The van der Waals surface area contributed by atoms with E-state index in [1.54, 1.807) is 0 Å². The van der Waals surface area contributed by atoms with E-state index >= 15 is 0 Å². The van der Waals surface area contributed by atoms with Gasteiger partial charge in [0, 0.05) is 40.1 Å². The lowest BCUT2D eigenvalue weighted by Crippen LogP contribution is -1.92. The van der Waals surface area contributed by atoms with Gasteiger partial charge in [-0.05, 0) is 24.3 Å². The van der Waals surface area contributed by atoms with Crippen molar-refractivity contribution < 1.29 is 0 Å². The van der Waals surface area contributed by atoms with Crippen LogP contribution in [0, 0.1) is 0 Å². The van der Waals surface area contributed by atoms with Gasteiger partial charge in [0.15, 0.2) is 0 Å². The highest BCUT2D eigenvalue weighted by atomic mass is 79.9. The first kappa shape index (κ1) is 14.5. The summed E-state index contributed by atoms with van der Waals surface area (Å²) < 4.78 is 5.22. The summed E-state index contributed by atoms with van der Waals surface area (Å²) in [5.41, 5.74) is 4.27. The van der Waals surface area contributed by atoms with E-state index in [2.05, 4.69) is 43.2 Å². The number of fused-ring (bicyclic) bond motifs is 1. The van der Waals surface area contributed by atoms with E-state index in [9.17, 15) is 0 Å². The Kier molecular flexibility index (Phi) is 3.51. The molecule has 2 heterocycles. The standard InChI is InChI=1S/C18H13BrClN3/c1-22-17(13-3-2-4-14(19)9-13)11-23-10-16(21-18(22)23)12-5-7-15(20)8-6-12/h2-11H,1H3. The number of halogens is 2. The molecule has 3 nitrogen and oxygen atoms in total. The monoisotopic (exact) mass is 385 g/mol. The Morgan fingerprint density at radius 3 is 2.48 bits per heavy atom. The van der Waals surface area contributed by atoms with Gasteiger partial charge in [-0.25, -0.2) is 4.98 Å². The van der Waals surface area contributed by atoms with Crippen LogP contribution in [0.2, 0.25) is 5.02 Å². The number of hydrogen-bond donors (Lipinski definition) is 0. The van der Waals surface area contributed by atoms with Gasteiger partial charge < -0.3 is 4.57 Å². The van der Waals surface area contributed by atoms with Crippen LogP contribution in [0.5, 0.6) is 0 Å². The fourth-order valence-corrected chi connectivity index (χ4v) is 3.25. The number of nitrogens with zero attached hydrogens (tertiary/aromatic N) is 3. The van der Waals surface area contributed by atoms with Crippen molar-refractivity contribution in [1.82, 2.24) is 14.0 Å². The molecule has 2 aromatic carbocycles. The van der Waals surface area contributed by atoms with E-state index in [1.807, 2.05) is 49.6 Å². The van der Waals surface area contributed by atoms with Gasteiger partial charge in [0.1, 0.15) is 0 Å². The van der Waals surface area contributed by atoms with Crippen molar-refractivity contribution in [3.8, 4) is 22.5 Å². The van der Waals surface area contributed by atoms with Crippen LogP contribution in [0.15, 0.2) is 65.4 Å².